The summed E-state index contributed by atoms with van der Waals surface area (Å²) < 4.78 is 12.8. The largest absolute Gasteiger partial charge is 0.506 e. The Labute approximate surface area is 68.6 Å². The summed E-state index contributed by atoms with van der Waals surface area (Å²) in [5.74, 6) is -0.920. The van der Waals surface area contributed by atoms with Gasteiger partial charge in [-0.25, -0.2) is 4.39 Å². The Morgan fingerprint density at radius 1 is 1.58 bits per heavy atom. The lowest BCUT2D eigenvalue weighted by Crippen LogP contribution is -1.95. The molecule has 0 saturated carbocycles. The summed E-state index contributed by atoms with van der Waals surface area (Å²) >= 11 is 0. The minimum absolute atomic E-state index is 0.0314. The molecule has 0 radical (unpaired) electrons. The van der Waals surface area contributed by atoms with E-state index in [-0.39, 0.29) is 23.4 Å². The Kier molecular flexibility index (Phi) is 2.28. The van der Waals surface area contributed by atoms with Crippen molar-refractivity contribution in [3.8, 4) is 5.75 Å². The third-order valence-electron chi connectivity index (χ3n) is 1.50. The second kappa shape index (κ2) is 3.21. The first-order chi connectivity index (χ1) is 5.65. The average Bonchev–Trinajstić information content (AvgIpc) is 2.01. The molecule has 0 saturated heterocycles. The molecule has 0 spiro atoms. The van der Waals surface area contributed by atoms with Gasteiger partial charge in [-0.1, -0.05) is 0 Å². The fraction of sp³-hybridized carbons (Fsp3) is 0.125. The minimum atomic E-state index is -0.617. The molecule has 0 aliphatic rings. The van der Waals surface area contributed by atoms with Crippen molar-refractivity contribution in [1.29, 1.82) is 0 Å². The standard InChI is InChI=1S/C8H8FNO2/c9-6-4-8(12)7(10)3-5(6)1-2-11/h2-4,12H,1,10H2. The van der Waals surface area contributed by atoms with Crippen LogP contribution < -0.4 is 5.73 Å². The van der Waals surface area contributed by atoms with Crippen LogP contribution >= 0.6 is 0 Å². The third-order valence-corrected chi connectivity index (χ3v) is 1.50. The zero-order valence-corrected chi connectivity index (χ0v) is 6.25. The SMILES string of the molecule is Nc1cc(CC=O)c(F)cc1O. The van der Waals surface area contributed by atoms with Crippen LogP contribution in [-0.2, 0) is 11.2 Å². The lowest BCUT2D eigenvalue weighted by atomic mass is 10.1. The third kappa shape index (κ3) is 1.53. The van der Waals surface area contributed by atoms with Gasteiger partial charge in [0.15, 0.2) is 0 Å². The highest BCUT2D eigenvalue weighted by Gasteiger charge is 2.05. The summed E-state index contributed by atoms with van der Waals surface area (Å²) in [6.45, 7) is 0. The fourth-order valence-electron chi connectivity index (χ4n) is 0.873. The summed E-state index contributed by atoms with van der Waals surface area (Å²) in [7, 11) is 0. The normalized spacial score (nSPS) is 9.75. The van der Waals surface area contributed by atoms with Crippen molar-refractivity contribution >= 4 is 12.0 Å². The van der Waals surface area contributed by atoms with Gasteiger partial charge in [0.25, 0.3) is 0 Å². The van der Waals surface area contributed by atoms with Crippen LogP contribution in [0.5, 0.6) is 5.75 Å². The van der Waals surface area contributed by atoms with Gasteiger partial charge in [0, 0.05) is 12.5 Å². The summed E-state index contributed by atoms with van der Waals surface area (Å²) in [4.78, 5) is 10.1. The Bertz CT molecular complexity index is 312. The molecule has 0 unspecified atom stereocenters. The number of carbonyl (C=O) groups is 1. The number of hydrogen-bond donors (Lipinski definition) is 2. The zero-order chi connectivity index (χ0) is 9.14. The van der Waals surface area contributed by atoms with E-state index in [2.05, 4.69) is 0 Å². The molecule has 0 fully saturated rings. The number of benzene rings is 1. The predicted molar refractivity (Wildman–Crippen MR) is 42.2 cm³/mol. The second-order valence-electron chi connectivity index (χ2n) is 2.37. The number of halogens is 1. The molecule has 0 heterocycles. The van der Waals surface area contributed by atoms with E-state index in [9.17, 15) is 9.18 Å². The second-order valence-corrected chi connectivity index (χ2v) is 2.37. The van der Waals surface area contributed by atoms with Gasteiger partial charge in [0.1, 0.15) is 17.9 Å². The zero-order valence-electron chi connectivity index (χ0n) is 6.25. The van der Waals surface area contributed by atoms with E-state index < -0.39 is 5.82 Å². The first-order valence-electron chi connectivity index (χ1n) is 3.35. The van der Waals surface area contributed by atoms with Crippen molar-refractivity contribution in [3.63, 3.8) is 0 Å². The first kappa shape index (κ1) is 8.52. The number of aldehydes is 1. The minimum Gasteiger partial charge on any atom is -0.506 e. The molecule has 0 bridgehead atoms. The molecule has 4 heteroatoms. The summed E-state index contributed by atoms with van der Waals surface area (Å²) in [6, 6.07) is 2.15. The number of hydrogen-bond acceptors (Lipinski definition) is 3. The monoisotopic (exact) mass is 169 g/mol. The molecule has 12 heavy (non-hydrogen) atoms. The number of phenolic OH excluding ortho intramolecular Hbond substituents is 1. The number of nitrogens with two attached hydrogens (primary N) is 1. The van der Waals surface area contributed by atoms with Crippen LogP contribution in [0.1, 0.15) is 5.56 Å². The van der Waals surface area contributed by atoms with E-state index in [4.69, 9.17) is 10.8 Å². The Hall–Kier alpha value is -1.58. The number of anilines is 1. The van der Waals surface area contributed by atoms with E-state index in [0.717, 1.165) is 6.07 Å². The van der Waals surface area contributed by atoms with Crippen LogP contribution in [0.25, 0.3) is 0 Å². The molecule has 3 nitrogen and oxygen atoms in total. The van der Waals surface area contributed by atoms with Gasteiger partial charge in [0.05, 0.1) is 5.69 Å². The molecule has 0 aliphatic heterocycles. The maximum Gasteiger partial charge on any atom is 0.141 e. The Balaban J connectivity index is 3.13. The van der Waals surface area contributed by atoms with Gasteiger partial charge < -0.3 is 15.6 Å². The molecule has 1 aromatic carbocycles. The predicted octanol–water partition coefficient (Wildman–Crippen LogP) is 0.855. The lowest BCUT2D eigenvalue weighted by Gasteiger charge is -2.02. The van der Waals surface area contributed by atoms with Crippen LogP contribution in [0.15, 0.2) is 12.1 Å². The molecule has 0 amide bonds. The smallest absolute Gasteiger partial charge is 0.141 e. The van der Waals surface area contributed by atoms with E-state index in [1.807, 2.05) is 0 Å². The number of aromatic hydroxyl groups is 1. The van der Waals surface area contributed by atoms with Gasteiger partial charge in [-0.3, -0.25) is 0 Å². The first-order valence-corrected chi connectivity index (χ1v) is 3.35. The molecular weight excluding hydrogens is 161 g/mol. The topological polar surface area (TPSA) is 63.3 Å². The van der Waals surface area contributed by atoms with Gasteiger partial charge in [-0.15, -0.1) is 0 Å². The van der Waals surface area contributed by atoms with Gasteiger partial charge >= 0.3 is 0 Å². The van der Waals surface area contributed by atoms with Crippen LogP contribution in [0.4, 0.5) is 10.1 Å². The quantitative estimate of drug-likeness (QED) is 0.392. The van der Waals surface area contributed by atoms with Crippen LogP contribution in [-0.4, -0.2) is 11.4 Å². The van der Waals surface area contributed by atoms with Crippen LogP contribution in [0.3, 0.4) is 0 Å². The molecule has 0 aromatic heterocycles. The number of rotatable bonds is 2. The molecule has 0 atom stereocenters. The summed E-state index contributed by atoms with van der Waals surface area (Å²) in [6.07, 6.45) is 0.547. The summed E-state index contributed by atoms with van der Waals surface area (Å²) in [5.41, 5.74) is 5.56. The van der Waals surface area contributed by atoms with Crippen molar-refractivity contribution in [2.45, 2.75) is 6.42 Å². The van der Waals surface area contributed by atoms with Gasteiger partial charge in [0.2, 0.25) is 0 Å². The Morgan fingerprint density at radius 2 is 2.25 bits per heavy atom. The van der Waals surface area contributed by atoms with Crippen molar-refractivity contribution in [2.75, 3.05) is 5.73 Å². The highest BCUT2D eigenvalue weighted by atomic mass is 19.1. The van der Waals surface area contributed by atoms with Crippen molar-refractivity contribution in [2.24, 2.45) is 0 Å². The van der Waals surface area contributed by atoms with E-state index in [0.29, 0.717) is 6.29 Å². The van der Waals surface area contributed by atoms with Crippen molar-refractivity contribution < 1.29 is 14.3 Å². The molecule has 3 N–H and O–H groups in total. The maximum atomic E-state index is 12.8. The van der Waals surface area contributed by atoms with E-state index >= 15 is 0 Å². The van der Waals surface area contributed by atoms with Gasteiger partial charge in [-0.05, 0) is 11.6 Å². The van der Waals surface area contributed by atoms with Crippen molar-refractivity contribution in [1.82, 2.24) is 0 Å². The lowest BCUT2D eigenvalue weighted by molar-refractivity contribution is -0.107. The maximum absolute atomic E-state index is 12.8. The molecule has 1 rings (SSSR count). The highest BCUT2D eigenvalue weighted by molar-refractivity contribution is 5.60. The van der Waals surface area contributed by atoms with Crippen LogP contribution in [0, 0.1) is 5.82 Å². The molecule has 0 aliphatic carbocycles. The number of nitrogen functional groups attached to an aromatic ring is 1. The highest BCUT2D eigenvalue weighted by Crippen LogP contribution is 2.23. The number of carbonyl (C=O) groups excluding carboxylic acids is 1. The van der Waals surface area contributed by atoms with Gasteiger partial charge in [-0.2, -0.15) is 0 Å². The fourth-order valence-corrected chi connectivity index (χ4v) is 0.873. The Morgan fingerprint density at radius 3 is 2.83 bits per heavy atom. The summed E-state index contributed by atoms with van der Waals surface area (Å²) in [5, 5.41) is 8.94. The average molecular weight is 169 g/mol. The van der Waals surface area contributed by atoms with E-state index in [1.54, 1.807) is 0 Å². The van der Waals surface area contributed by atoms with Crippen LogP contribution in [0.2, 0.25) is 0 Å². The molecular formula is C8H8FNO2. The number of phenols is 1. The van der Waals surface area contributed by atoms with E-state index in [1.165, 1.54) is 6.07 Å². The molecule has 64 valence electrons. The van der Waals surface area contributed by atoms with Crippen molar-refractivity contribution in [3.05, 3.63) is 23.5 Å². The molecule has 1 aromatic rings.